The SMILES string of the molecule is CC(=O)c1ccc(CN(Cc2cccnc2)S(=O)(=O)c2c(F)c(F)c(F)c(F)c2F)cc1. The third-order valence-electron chi connectivity index (χ3n) is 4.57. The third kappa shape index (κ3) is 4.53. The molecular weight excluding hydrogens is 455 g/mol. The maximum atomic E-state index is 14.3. The maximum absolute atomic E-state index is 14.3. The molecule has 11 heteroatoms. The fourth-order valence-electron chi connectivity index (χ4n) is 2.91. The van der Waals surface area contributed by atoms with Crippen molar-refractivity contribution < 1.29 is 35.2 Å². The molecule has 0 amide bonds. The highest BCUT2D eigenvalue weighted by molar-refractivity contribution is 7.89. The number of nitrogens with zero attached hydrogens (tertiary/aromatic N) is 2. The van der Waals surface area contributed by atoms with E-state index >= 15 is 0 Å². The van der Waals surface area contributed by atoms with E-state index in [1.807, 2.05) is 0 Å². The lowest BCUT2D eigenvalue weighted by molar-refractivity contribution is 0.101. The van der Waals surface area contributed by atoms with Gasteiger partial charge in [0.1, 0.15) is 0 Å². The number of carbonyl (C=O) groups excluding carboxylic acids is 1. The predicted octanol–water partition coefficient (Wildman–Crippen LogP) is 4.37. The number of rotatable bonds is 7. The Labute approximate surface area is 180 Å². The first-order chi connectivity index (χ1) is 15.0. The summed E-state index contributed by atoms with van der Waals surface area (Å²) >= 11 is 0. The van der Waals surface area contributed by atoms with Crippen LogP contribution in [-0.2, 0) is 23.1 Å². The zero-order chi connectivity index (χ0) is 23.6. The van der Waals surface area contributed by atoms with Gasteiger partial charge >= 0.3 is 0 Å². The van der Waals surface area contributed by atoms with Gasteiger partial charge in [0.25, 0.3) is 0 Å². The molecule has 0 N–H and O–H groups in total. The Kier molecular flexibility index (Phi) is 6.70. The summed E-state index contributed by atoms with van der Waals surface area (Å²) in [5.74, 6) is -12.3. The molecule has 2 aromatic carbocycles. The van der Waals surface area contributed by atoms with Crippen LogP contribution in [0.3, 0.4) is 0 Å². The number of ketones is 1. The number of sulfonamides is 1. The number of hydrogen-bond acceptors (Lipinski definition) is 4. The van der Waals surface area contributed by atoms with Crippen LogP contribution in [0.2, 0.25) is 0 Å². The van der Waals surface area contributed by atoms with Crippen LogP contribution in [0, 0.1) is 29.1 Å². The lowest BCUT2D eigenvalue weighted by Crippen LogP contribution is -2.32. The molecule has 168 valence electrons. The van der Waals surface area contributed by atoms with E-state index in [-0.39, 0.29) is 5.78 Å². The van der Waals surface area contributed by atoms with E-state index in [0.717, 1.165) is 0 Å². The first kappa shape index (κ1) is 23.5. The minimum Gasteiger partial charge on any atom is -0.295 e. The molecule has 3 aromatic rings. The zero-order valence-corrected chi connectivity index (χ0v) is 17.3. The highest BCUT2D eigenvalue weighted by Gasteiger charge is 2.37. The van der Waals surface area contributed by atoms with Crippen LogP contribution in [0.5, 0.6) is 0 Å². The first-order valence-electron chi connectivity index (χ1n) is 9.04. The molecule has 0 fully saturated rings. The second kappa shape index (κ2) is 9.13. The summed E-state index contributed by atoms with van der Waals surface area (Å²) in [6, 6.07) is 8.64. The van der Waals surface area contributed by atoms with Crippen molar-refractivity contribution >= 4 is 15.8 Å². The number of aromatic nitrogens is 1. The molecule has 1 heterocycles. The normalized spacial score (nSPS) is 11.7. The Morgan fingerprint density at radius 1 is 0.844 bits per heavy atom. The van der Waals surface area contributed by atoms with Gasteiger partial charge in [0.15, 0.2) is 33.9 Å². The van der Waals surface area contributed by atoms with Gasteiger partial charge in [0.05, 0.1) is 0 Å². The minimum atomic E-state index is -5.21. The average Bonchev–Trinajstić information content (AvgIpc) is 2.77. The highest BCUT2D eigenvalue weighted by Crippen LogP contribution is 2.30. The largest absolute Gasteiger partial charge is 0.295 e. The van der Waals surface area contributed by atoms with Crippen LogP contribution in [0.25, 0.3) is 0 Å². The van der Waals surface area contributed by atoms with Gasteiger partial charge in [0, 0.05) is 31.0 Å². The Morgan fingerprint density at radius 3 is 1.88 bits per heavy atom. The van der Waals surface area contributed by atoms with Gasteiger partial charge in [-0.3, -0.25) is 9.78 Å². The highest BCUT2D eigenvalue weighted by atomic mass is 32.2. The Morgan fingerprint density at radius 2 is 1.38 bits per heavy atom. The molecule has 0 unspecified atom stereocenters. The molecular formula is C21H15F5N2O3S. The van der Waals surface area contributed by atoms with Gasteiger partial charge in [-0.25, -0.2) is 30.4 Å². The van der Waals surface area contributed by atoms with Crippen molar-refractivity contribution in [2.45, 2.75) is 24.9 Å². The quantitative estimate of drug-likeness (QED) is 0.223. The number of benzene rings is 2. The van der Waals surface area contributed by atoms with E-state index in [9.17, 15) is 35.2 Å². The molecule has 0 atom stereocenters. The number of pyridine rings is 1. The van der Waals surface area contributed by atoms with E-state index in [4.69, 9.17) is 0 Å². The van der Waals surface area contributed by atoms with Crippen LogP contribution >= 0.6 is 0 Å². The molecule has 0 aliphatic carbocycles. The maximum Gasteiger partial charge on any atom is 0.249 e. The Balaban J connectivity index is 2.11. The Hall–Kier alpha value is -3.18. The molecule has 32 heavy (non-hydrogen) atoms. The molecule has 0 saturated carbocycles. The summed E-state index contributed by atoms with van der Waals surface area (Å²) < 4.78 is 96.1. The fraction of sp³-hybridized carbons (Fsp3) is 0.143. The topological polar surface area (TPSA) is 67.3 Å². The van der Waals surface area contributed by atoms with E-state index in [0.29, 0.717) is 21.0 Å². The van der Waals surface area contributed by atoms with Gasteiger partial charge in [-0.15, -0.1) is 0 Å². The second-order valence-corrected chi connectivity index (χ2v) is 8.66. The summed E-state index contributed by atoms with van der Waals surface area (Å²) in [5.41, 5.74) is 0.960. The third-order valence-corrected chi connectivity index (χ3v) is 6.38. The van der Waals surface area contributed by atoms with Gasteiger partial charge in [0.2, 0.25) is 15.8 Å². The van der Waals surface area contributed by atoms with Crippen LogP contribution in [-0.4, -0.2) is 23.5 Å². The molecule has 1 aromatic heterocycles. The molecule has 0 radical (unpaired) electrons. The zero-order valence-electron chi connectivity index (χ0n) is 16.5. The van der Waals surface area contributed by atoms with Crippen LogP contribution in [0.15, 0.2) is 53.7 Å². The van der Waals surface area contributed by atoms with Gasteiger partial charge in [-0.1, -0.05) is 30.3 Å². The first-order valence-corrected chi connectivity index (χ1v) is 10.5. The standard InChI is InChI=1S/C21H15F5N2O3S/c1-12(29)15-6-4-13(5-7-15)10-28(11-14-3-2-8-27-9-14)32(30,31)21-19(25)17(23)16(22)18(24)20(21)26/h2-9H,10-11H2,1H3. The van der Waals surface area contributed by atoms with E-state index in [2.05, 4.69) is 4.98 Å². The van der Waals surface area contributed by atoms with Crippen LogP contribution in [0.4, 0.5) is 22.0 Å². The lowest BCUT2D eigenvalue weighted by atomic mass is 10.1. The summed E-state index contributed by atoms with van der Waals surface area (Å²) in [6.45, 7) is 0.385. The van der Waals surface area contributed by atoms with Crippen molar-refractivity contribution in [2.24, 2.45) is 0 Å². The van der Waals surface area contributed by atoms with E-state index in [1.54, 1.807) is 0 Å². The number of halogens is 5. The monoisotopic (exact) mass is 470 g/mol. The molecule has 3 rings (SSSR count). The number of carbonyl (C=O) groups is 1. The number of Topliss-reactive ketones (excluding diaryl/α,β-unsaturated/α-hetero) is 1. The second-order valence-electron chi connectivity index (χ2n) is 6.79. The predicted molar refractivity (Wildman–Crippen MR) is 103 cm³/mol. The van der Waals surface area contributed by atoms with Crippen molar-refractivity contribution in [3.63, 3.8) is 0 Å². The lowest BCUT2D eigenvalue weighted by Gasteiger charge is -2.23. The smallest absolute Gasteiger partial charge is 0.249 e. The van der Waals surface area contributed by atoms with E-state index in [1.165, 1.54) is 55.7 Å². The average molecular weight is 470 g/mol. The van der Waals surface area contributed by atoms with Crippen molar-refractivity contribution in [1.29, 1.82) is 0 Å². The van der Waals surface area contributed by atoms with Crippen LogP contribution < -0.4 is 0 Å². The Bertz CT molecular complexity index is 1240. The van der Waals surface area contributed by atoms with Crippen molar-refractivity contribution in [3.05, 3.63) is 94.6 Å². The molecule has 5 nitrogen and oxygen atoms in total. The summed E-state index contributed by atoms with van der Waals surface area (Å²) in [4.78, 5) is 13.3. The van der Waals surface area contributed by atoms with E-state index < -0.39 is 57.1 Å². The fourth-order valence-corrected chi connectivity index (χ4v) is 4.44. The van der Waals surface area contributed by atoms with Gasteiger partial charge in [-0.2, -0.15) is 4.31 Å². The molecule has 0 saturated heterocycles. The molecule has 0 aliphatic rings. The van der Waals surface area contributed by atoms with Gasteiger partial charge < -0.3 is 0 Å². The van der Waals surface area contributed by atoms with Gasteiger partial charge in [-0.05, 0) is 24.1 Å². The molecule has 0 aliphatic heterocycles. The van der Waals surface area contributed by atoms with Crippen molar-refractivity contribution in [2.75, 3.05) is 0 Å². The number of hydrogen-bond donors (Lipinski definition) is 0. The summed E-state index contributed by atoms with van der Waals surface area (Å²) in [7, 11) is -5.21. The summed E-state index contributed by atoms with van der Waals surface area (Å²) in [6.07, 6.45) is 2.70. The summed E-state index contributed by atoms with van der Waals surface area (Å²) in [5, 5.41) is 0. The minimum absolute atomic E-state index is 0.238. The molecule has 0 bridgehead atoms. The van der Waals surface area contributed by atoms with Crippen molar-refractivity contribution in [1.82, 2.24) is 9.29 Å². The van der Waals surface area contributed by atoms with Crippen LogP contribution in [0.1, 0.15) is 28.4 Å². The molecule has 0 spiro atoms. The van der Waals surface area contributed by atoms with Crippen molar-refractivity contribution in [3.8, 4) is 0 Å².